The molecule has 0 aromatic heterocycles. The van der Waals surface area contributed by atoms with Gasteiger partial charge in [0.25, 0.3) is 0 Å². The lowest BCUT2D eigenvalue weighted by Crippen LogP contribution is -2.15. The van der Waals surface area contributed by atoms with E-state index in [0.29, 0.717) is 16.5 Å². The first kappa shape index (κ1) is 16.3. The minimum absolute atomic E-state index is 0.00393. The number of carbonyl (C=O) groups is 2. The smallest absolute Gasteiger partial charge is 0.337 e. The molecule has 2 N–H and O–H groups in total. The number of amides is 1. The van der Waals surface area contributed by atoms with Gasteiger partial charge < -0.3 is 10.4 Å². The monoisotopic (exact) mass is 337 g/mol. The third-order valence-electron chi connectivity index (χ3n) is 3.04. The molecule has 0 unspecified atom stereocenters. The number of halogens is 2. The van der Waals surface area contributed by atoms with Crippen molar-refractivity contribution in [3.8, 4) is 0 Å². The quantitative estimate of drug-likeness (QED) is 0.856. The maximum atomic E-state index is 12.0. The van der Waals surface area contributed by atoms with Crippen LogP contribution in [0, 0.1) is 0 Å². The number of aryl methyl sites for hydroxylation is 1. The Balaban J connectivity index is 2.01. The van der Waals surface area contributed by atoms with Crippen LogP contribution in [0.2, 0.25) is 10.0 Å². The van der Waals surface area contributed by atoms with Gasteiger partial charge >= 0.3 is 5.97 Å². The minimum atomic E-state index is -1.12. The van der Waals surface area contributed by atoms with Gasteiger partial charge in [-0.25, -0.2) is 4.79 Å². The molecule has 1 amide bonds. The molecule has 2 aromatic carbocycles. The van der Waals surface area contributed by atoms with Gasteiger partial charge in [-0.05, 0) is 42.3 Å². The molecule has 0 saturated heterocycles. The van der Waals surface area contributed by atoms with E-state index >= 15 is 0 Å². The maximum Gasteiger partial charge on any atom is 0.337 e. The Morgan fingerprint density at radius 2 is 1.64 bits per heavy atom. The SMILES string of the molecule is O=C(CCc1ccc(Cl)cc1)Nc1cc(Cl)ccc1C(=O)O. The second-order valence-corrected chi connectivity index (χ2v) is 5.54. The lowest BCUT2D eigenvalue weighted by atomic mass is 10.1. The Kier molecular flexibility index (Phi) is 5.41. The summed E-state index contributed by atoms with van der Waals surface area (Å²) in [6.45, 7) is 0. The number of hydrogen-bond acceptors (Lipinski definition) is 2. The fourth-order valence-electron chi connectivity index (χ4n) is 1.93. The van der Waals surface area contributed by atoms with Gasteiger partial charge in [-0.1, -0.05) is 35.3 Å². The van der Waals surface area contributed by atoms with Gasteiger partial charge in [0.1, 0.15) is 0 Å². The van der Waals surface area contributed by atoms with E-state index in [0.717, 1.165) is 5.56 Å². The van der Waals surface area contributed by atoms with Gasteiger partial charge in [-0.3, -0.25) is 4.79 Å². The maximum absolute atomic E-state index is 12.0. The van der Waals surface area contributed by atoms with E-state index in [2.05, 4.69) is 5.32 Å². The zero-order chi connectivity index (χ0) is 16.1. The van der Waals surface area contributed by atoms with Crippen LogP contribution in [0.4, 0.5) is 5.69 Å². The van der Waals surface area contributed by atoms with E-state index in [4.69, 9.17) is 28.3 Å². The number of carboxylic acids is 1. The lowest BCUT2D eigenvalue weighted by molar-refractivity contribution is -0.116. The summed E-state index contributed by atoms with van der Waals surface area (Å²) in [6, 6.07) is 11.5. The second kappa shape index (κ2) is 7.29. The van der Waals surface area contributed by atoms with Crippen LogP contribution in [-0.4, -0.2) is 17.0 Å². The number of aromatic carboxylic acids is 1. The molecule has 0 aliphatic carbocycles. The molecule has 22 heavy (non-hydrogen) atoms. The van der Waals surface area contributed by atoms with Gasteiger partial charge in [0.2, 0.25) is 5.91 Å². The molecule has 0 aliphatic rings. The van der Waals surface area contributed by atoms with Gasteiger partial charge in [0, 0.05) is 16.5 Å². The molecule has 6 heteroatoms. The van der Waals surface area contributed by atoms with Crippen LogP contribution in [0.3, 0.4) is 0 Å². The largest absolute Gasteiger partial charge is 0.478 e. The Morgan fingerprint density at radius 3 is 2.27 bits per heavy atom. The topological polar surface area (TPSA) is 66.4 Å². The zero-order valence-electron chi connectivity index (χ0n) is 11.5. The Morgan fingerprint density at radius 1 is 1.00 bits per heavy atom. The minimum Gasteiger partial charge on any atom is -0.478 e. The molecule has 0 atom stereocenters. The van der Waals surface area contributed by atoms with Crippen LogP contribution in [0.25, 0.3) is 0 Å². The Labute approximate surface area is 137 Å². The first-order valence-corrected chi connectivity index (χ1v) is 7.28. The average molecular weight is 338 g/mol. The van der Waals surface area contributed by atoms with Crippen molar-refractivity contribution in [3.05, 3.63) is 63.6 Å². The number of hydrogen-bond donors (Lipinski definition) is 2. The molecule has 0 fully saturated rings. The molecule has 0 radical (unpaired) electrons. The number of carbonyl (C=O) groups excluding carboxylic acids is 1. The highest BCUT2D eigenvalue weighted by atomic mass is 35.5. The van der Waals surface area contributed by atoms with Crippen molar-refractivity contribution in [3.63, 3.8) is 0 Å². The summed E-state index contributed by atoms with van der Waals surface area (Å²) in [6.07, 6.45) is 0.763. The lowest BCUT2D eigenvalue weighted by Gasteiger charge is -2.09. The third-order valence-corrected chi connectivity index (χ3v) is 3.53. The summed E-state index contributed by atoms with van der Waals surface area (Å²) in [5.74, 6) is -1.40. The van der Waals surface area contributed by atoms with E-state index in [9.17, 15) is 9.59 Å². The van der Waals surface area contributed by atoms with Crippen LogP contribution in [0.15, 0.2) is 42.5 Å². The van der Waals surface area contributed by atoms with Gasteiger partial charge in [0.05, 0.1) is 11.3 Å². The first-order chi connectivity index (χ1) is 10.5. The normalized spacial score (nSPS) is 10.3. The zero-order valence-corrected chi connectivity index (χ0v) is 13.0. The van der Waals surface area contributed by atoms with Crippen molar-refractivity contribution < 1.29 is 14.7 Å². The van der Waals surface area contributed by atoms with Crippen LogP contribution < -0.4 is 5.32 Å². The van der Waals surface area contributed by atoms with E-state index in [1.165, 1.54) is 18.2 Å². The molecule has 2 aromatic rings. The highest BCUT2D eigenvalue weighted by Crippen LogP contribution is 2.21. The predicted octanol–water partition coefficient (Wildman–Crippen LogP) is 4.26. The molecule has 4 nitrogen and oxygen atoms in total. The number of rotatable bonds is 5. The highest BCUT2D eigenvalue weighted by Gasteiger charge is 2.13. The molecule has 0 saturated carbocycles. The number of carboxylic acid groups (broad SMARTS) is 1. The molecule has 0 heterocycles. The molecule has 0 aliphatic heterocycles. The van der Waals surface area contributed by atoms with E-state index in [1.807, 2.05) is 12.1 Å². The van der Waals surface area contributed by atoms with Crippen LogP contribution in [0.5, 0.6) is 0 Å². The number of nitrogens with one attached hydrogen (secondary N) is 1. The van der Waals surface area contributed by atoms with E-state index in [1.54, 1.807) is 12.1 Å². The number of anilines is 1. The summed E-state index contributed by atoms with van der Waals surface area (Å²) >= 11 is 11.6. The average Bonchev–Trinajstić information content (AvgIpc) is 2.46. The van der Waals surface area contributed by atoms with Crippen molar-refractivity contribution in [1.29, 1.82) is 0 Å². The number of benzene rings is 2. The fraction of sp³-hybridized carbons (Fsp3) is 0.125. The molecule has 114 valence electrons. The standard InChI is InChI=1S/C16H13Cl2NO3/c17-11-4-1-10(2-5-11)3-8-15(20)19-14-9-12(18)6-7-13(14)16(21)22/h1-2,4-7,9H,3,8H2,(H,19,20)(H,21,22). The van der Waals surface area contributed by atoms with Crippen LogP contribution in [0.1, 0.15) is 22.3 Å². The molecule has 0 bridgehead atoms. The van der Waals surface area contributed by atoms with Crippen molar-refractivity contribution in [2.24, 2.45) is 0 Å². The summed E-state index contributed by atoms with van der Waals surface area (Å²) in [4.78, 5) is 23.1. The summed E-state index contributed by atoms with van der Waals surface area (Å²) in [5, 5.41) is 12.7. The Hall–Kier alpha value is -2.04. The summed E-state index contributed by atoms with van der Waals surface area (Å²) in [5.41, 5.74) is 1.18. The highest BCUT2D eigenvalue weighted by molar-refractivity contribution is 6.31. The molecular formula is C16H13Cl2NO3. The van der Waals surface area contributed by atoms with Gasteiger partial charge in [-0.2, -0.15) is 0 Å². The molecular weight excluding hydrogens is 325 g/mol. The van der Waals surface area contributed by atoms with Crippen LogP contribution >= 0.6 is 23.2 Å². The van der Waals surface area contributed by atoms with Crippen molar-refractivity contribution in [1.82, 2.24) is 0 Å². The van der Waals surface area contributed by atoms with Gasteiger partial charge in [-0.15, -0.1) is 0 Å². The third kappa shape index (κ3) is 4.48. The first-order valence-electron chi connectivity index (χ1n) is 6.53. The fourth-order valence-corrected chi connectivity index (χ4v) is 2.23. The Bertz CT molecular complexity index is 699. The summed E-state index contributed by atoms with van der Waals surface area (Å²) < 4.78 is 0. The molecule has 2 rings (SSSR count). The van der Waals surface area contributed by atoms with Crippen molar-refractivity contribution >= 4 is 40.8 Å². The van der Waals surface area contributed by atoms with Crippen LogP contribution in [-0.2, 0) is 11.2 Å². The van der Waals surface area contributed by atoms with E-state index in [-0.39, 0.29) is 23.6 Å². The predicted molar refractivity (Wildman–Crippen MR) is 86.8 cm³/mol. The summed E-state index contributed by atoms with van der Waals surface area (Å²) in [7, 11) is 0. The van der Waals surface area contributed by atoms with E-state index < -0.39 is 5.97 Å². The second-order valence-electron chi connectivity index (χ2n) is 4.67. The molecule has 0 spiro atoms. The van der Waals surface area contributed by atoms with Gasteiger partial charge in [0.15, 0.2) is 0 Å². The van der Waals surface area contributed by atoms with Crippen molar-refractivity contribution in [2.45, 2.75) is 12.8 Å². The van der Waals surface area contributed by atoms with Crippen molar-refractivity contribution in [2.75, 3.05) is 5.32 Å².